The molecule has 9 heteroatoms. The van der Waals surface area contributed by atoms with E-state index in [0.717, 1.165) is 12.1 Å². The molecule has 0 saturated heterocycles. The van der Waals surface area contributed by atoms with Crippen molar-refractivity contribution < 1.29 is 23.1 Å². The van der Waals surface area contributed by atoms with Gasteiger partial charge in [-0.1, -0.05) is 12.1 Å². The number of nitrogens with zero attached hydrogens (tertiary/aromatic N) is 2. The zero-order valence-corrected chi connectivity index (χ0v) is 13.7. The second-order valence-corrected chi connectivity index (χ2v) is 5.50. The van der Waals surface area contributed by atoms with Crippen LogP contribution in [0.15, 0.2) is 60.9 Å². The number of carbonyl (C=O) groups is 1. The number of halogens is 3. The molecule has 0 unspecified atom stereocenters. The largest absolute Gasteiger partial charge is 0.478 e. The lowest BCUT2D eigenvalue weighted by molar-refractivity contribution is -0.137. The lowest BCUT2D eigenvalue weighted by atomic mass is 10.2. The van der Waals surface area contributed by atoms with Crippen molar-refractivity contribution in [2.24, 2.45) is 0 Å². The Hall–Kier alpha value is -3.62. The molecule has 3 N–H and O–H groups in total. The van der Waals surface area contributed by atoms with Gasteiger partial charge in [-0.05, 0) is 36.4 Å². The lowest BCUT2D eigenvalue weighted by Crippen LogP contribution is -2.05. The number of hydrogen-bond donors (Lipinski definition) is 3. The number of nitrogens with one attached hydrogen (secondary N) is 2. The average Bonchev–Trinajstić information content (AvgIpc) is 2.62. The number of anilines is 4. The van der Waals surface area contributed by atoms with Crippen LogP contribution in [0, 0.1) is 0 Å². The summed E-state index contributed by atoms with van der Waals surface area (Å²) in [6.07, 6.45) is -3.20. The third-order valence-electron chi connectivity index (χ3n) is 3.51. The average molecular weight is 374 g/mol. The van der Waals surface area contributed by atoms with Crippen molar-refractivity contribution >= 4 is 29.0 Å². The molecule has 3 aromatic rings. The summed E-state index contributed by atoms with van der Waals surface area (Å²) in [7, 11) is 0. The van der Waals surface area contributed by atoms with Crippen molar-refractivity contribution in [3.63, 3.8) is 0 Å². The van der Waals surface area contributed by atoms with Gasteiger partial charge in [-0.25, -0.2) is 14.8 Å². The summed E-state index contributed by atoms with van der Waals surface area (Å²) in [6.45, 7) is 0. The van der Waals surface area contributed by atoms with Crippen molar-refractivity contribution in [1.82, 2.24) is 9.97 Å². The van der Waals surface area contributed by atoms with Gasteiger partial charge in [-0.3, -0.25) is 0 Å². The van der Waals surface area contributed by atoms with Gasteiger partial charge in [0, 0.05) is 17.4 Å². The van der Waals surface area contributed by atoms with E-state index in [9.17, 15) is 18.0 Å². The van der Waals surface area contributed by atoms with Gasteiger partial charge in [0.1, 0.15) is 18.0 Å². The molecule has 27 heavy (non-hydrogen) atoms. The number of aromatic carboxylic acids is 1. The van der Waals surface area contributed by atoms with E-state index in [1.165, 1.54) is 36.7 Å². The van der Waals surface area contributed by atoms with Crippen LogP contribution in [-0.4, -0.2) is 21.0 Å². The summed E-state index contributed by atoms with van der Waals surface area (Å²) < 4.78 is 38.4. The van der Waals surface area contributed by atoms with Gasteiger partial charge < -0.3 is 15.7 Å². The molecule has 0 amide bonds. The topological polar surface area (TPSA) is 87.1 Å². The number of hydrogen-bond acceptors (Lipinski definition) is 5. The Balaban J connectivity index is 1.78. The summed E-state index contributed by atoms with van der Waals surface area (Å²) in [5, 5.41) is 14.7. The molecule has 0 aliphatic rings. The predicted octanol–water partition coefficient (Wildman–Crippen LogP) is 4.68. The van der Waals surface area contributed by atoms with Crippen LogP contribution in [0.25, 0.3) is 0 Å². The van der Waals surface area contributed by atoms with E-state index in [-0.39, 0.29) is 17.1 Å². The summed E-state index contributed by atoms with van der Waals surface area (Å²) >= 11 is 0. The van der Waals surface area contributed by atoms with E-state index >= 15 is 0 Å². The first kappa shape index (κ1) is 18.2. The molecular formula is C18H13F3N4O2. The molecule has 6 nitrogen and oxygen atoms in total. The van der Waals surface area contributed by atoms with Gasteiger partial charge in [-0.2, -0.15) is 13.2 Å². The Morgan fingerprint density at radius 2 is 1.48 bits per heavy atom. The summed E-state index contributed by atoms with van der Waals surface area (Å²) in [5.74, 6) is -0.434. The maximum atomic E-state index is 12.8. The monoisotopic (exact) mass is 374 g/mol. The maximum Gasteiger partial charge on any atom is 0.416 e. The summed E-state index contributed by atoms with van der Waals surface area (Å²) in [5.41, 5.74) is 0.0581. The molecule has 0 radical (unpaired) electrons. The number of carboxylic acids is 1. The van der Waals surface area contributed by atoms with E-state index in [0.29, 0.717) is 11.5 Å². The van der Waals surface area contributed by atoms with Crippen LogP contribution < -0.4 is 10.6 Å². The highest BCUT2D eigenvalue weighted by molar-refractivity contribution is 5.89. The minimum Gasteiger partial charge on any atom is -0.478 e. The van der Waals surface area contributed by atoms with E-state index in [1.54, 1.807) is 12.1 Å². The fourth-order valence-electron chi connectivity index (χ4n) is 2.29. The summed E-state index contributed by atoms with van der Waals surface area (Å²) in [6, 6.07) is 12.4. The zero-order valence-electron chi connectivity index (χ0n) is 13.7. The number of benzene rings is 2. The van der Waals surface area contributed by atoms with Crippen molar-refractivity contribution in [3.05, 3.63) is 72.1 Å². The molecule has 0 atom stereocenters. The van der Waals surface area contributed by atoms with E-state index in [4.69, 9.17) is 5.11 Å². The predicted molar refractivity (Wildman–Crippen MR) is 93.4 cm³/mol. The van der Waals surface area contributed by atoms with Crippen LogP contribution in [0.3, 0.4) is 0 Å². The Labute approximate surface area is 151 Å². The van der Waals surface area contributed by atoms with Gasteiger partial charge in [-0.15, -0.1) is 0 Å². The second kappa shape index (κ2) is 7.32. The Kier molecular flexibility index (Phi) is 4.93. The van der Waals surface area contributed by atoms with Crippen molar-refractivity contribution in [2.75, 3.05) is 10.6 Å². The molecule has 1 aromatic heterocycles. The second-order valence-electron chi connectivity index (χ2n) is 5.50. The van der Waals surface area contributed by atoms with Crippen LogP contribution in [0.1, 0.15) is 15.9 Å². The quantitative estimate of drug-likeness (QED) is 0.601. The van der Waals surface area contributed by atoms with Gasteiger partial charge in [0.15, 0.2) is 0 Å². The first-order chi connectivity index (χ1) is 12.8. The normalized spacial score (nSPS) is 11.1. The fraction of sp³-hybridized carbons (Fsp3) is 0.0556. The first-order valence-electron chi connectivity index (χ1n) is 7.68. The van der Waals surface area contributed by atoms with Crippen LogP contribution in [0.4, 0.5) is 36.2 Å². The van der Waals surface area contributed by atoms with Crippen LogP contribution in [-0.2, 0) is 6.18 Å². The van der Waals surface area contributed by atoms with E-state index < -0.39 is 17.7 Å². The van der Waals surface area contributed by atoms with Gasteiger partial charge >= 0.3 is 12.1 Å². The first-order valence-corrected chi connectivity index (χ1v) is 7.68. The van der Waals surface area contributed by atoms with Gasteiger partial charge in [0.05, 0.1) is 11.1 Å². The number of carboxylic acid groups (broad SMARTS) is 1. The molecule has 0 fully saturated rings. The summed E-state index contributed by atoms with van der Waals surface area (Å²) in [4.78, 5) is 19.0. The fourth-order valence-corrected chi connectivity index (χ4v) is 2.29. The maximum absolute atomic E-state index is 12.8. The SMILES string of the molecule is O=C(O)c1cccc(Nc2cc(Nc3cccc(C(F)(F)F)c3)ncn2)c1. The molecule has 3 rings (SSSR count). The lowest BCUT2D eigenvalue weighted by Gasteiger charge is -2.11. The molecule has 0 bridgehead atoms. The van der Waals surface area contributed by atoms with Gasteiger partial charge in [0.2, 0.25) is 0 Å². The zero-order chi connectivity index (χ0) is 19.4. The Bertz CT molecular complexity index is 977. The van der Waals surface area contributed by atoms with Crippen LogP contribution in [0.2, 0.25) is 0 Å². The van der Waals surface area contributed by atoms with Crippen molar-refractivity contribution in [3.8, 4) is 0 Å². The number of alkyl halides is 3. The highest BCUT2D eigenvalue weighted by Gasteiger charge is 2.30. The van der Waals surface area contributed by atoms with Crippen LogP contribution >= 0.6 is 0 Å². The van der Waals surface area contributed by atoms with Crippen molar-refractivity contribution in [1.29, 1.82) is 0 Å². The van der Waals surface area contributed by atoms with E-state index in [1.807, 2.05) is 0 Å². The highest BCUT2D eigenvalue weighted by atomic mass is 19.4. The molecule has 138 valence electrons. The van der Waals surface area contributed by atoms with E-state index in [2.05, 4.69) is 20.6 Å². The molecule has 0 aliphatic heterocycles. The Morgan fingerprint density at radius 3 is 2.07 bits per heavy atom. The van der Waals surface area contributed by atoms with Crippen LogP contribution in [0.5, 0.6) is 0 Å². The minimum atomic E-state index is -4.44. The molecule has 2 aromatic carbocycles. The molecule has 0 spiro atoms. The molecule has 1 heterocycles. The molecule has 0 saturated carbocycles. The number of rotatable bonds is 5. The third-order valence-corrected chi connectivity index (χ3v) is 3.51. The highest BCUT2D eigenvalue weighted by Crippen LogP contribution is 2.31. The standard InChI is InChI=1S/C18H13F3N4O2/c19-18(20,21)12-4-2-6-14(8-12)25-16-9-15(22-10-23-16)24-13-5-1-3-11(7-13)17(26)27/h1-10H,(H,26,27)(H2,22,23,24,25). The molecule has 0 aliphatic carbocycles. The Morgan fingerprint density at radius 1 is 0.889 bits per heavy atom. The smallest absolute Gasteiger partial charge is 0.416 e. The third kappa shape index (κ3) is 4.72. The van der Waals surface area contributed by atoms with Gasteiger partial charge in [0.25, 0.3) is 0 Å². The minimum absolute atomic E-state index is 0.108. The molecular weight excluding hydrogens is 361 g/mol. The van der Waals surface area contributed by atoms with Crippen molar-refractivity contribution in [2.45, 2.75) is 6.18 Å². The number of aromatic nitrogens is 2.